The molecule has 2 heterocycles. The lowest BCUT2D eigenvalue weighted by Crippen LogP contribution is -1.85. The van der Waals surface area contributed by atoms with Crippen LogP contribution >= 0.6 is 22.9 Å². The van der Waals surface area contributed by atoms with Crippen LogP contribution in [-0.4, -0.2) is 0 Å². The molecular formula is C11H11ClOS. The van der Waals surface area contributed by atoms with Crippen molar-refractivity contribution in [2.24, 2.45) is 0 Å². The predicted octanol–water partition coefficient (Wildman–Crippen LogP) is 4.23. The molecule has 0 fully saturated rings. The highest BCUT2D eigenvalue weighted by molar-refractivity contribution is 7.12. The topological polar surface area (TPSA) is 13.1 Å². The second-order valence-electron chi connectivity index (χ2n) is 3.04. The second kappa shape index (κ2) is 4.20. The third kappa shape index (κ3) is 1.86. The van der Waals surface area contributed by atoms with Gasteiger partial charge in [-0.3, -0.25) is 0 Å². The molecule has 0 aromatic carbocycles. The summed E-state index contributed by atoms with van der Waals surface area (Å²) >= 11 is 8.01. The Bertz CT molecular complexity index is 391. The smallest absolute Gasteiger partial charge is 0.126 e. The van der Waals surface area contributed by atoms with Crippen molar-refractivity contribution in [1.82, 2.24) is 0 Å². The van der Waals surface area contributed by atoms with Crippen molar-refractivity contribution in [2.45, 2.75) is 18.7 Å². The Hall–Kier alpha value is -0.730. The minimum Gasteiger partial charge on any atom is -0.467 e. The van der Waals surface area contributed by atoms with Crippen molar-refractivity contribution in [1.29, 1.82) is 0 Å². The molecule has 1 atom stereocenters. The number of aryl methyl sites for hydroxylation is 1. The Morgan fingerprint density at radius 3 is 2.86 bits per heavy atom. The number of hydrogen-bond donors (Lipinski definition) is 0. The summed E-state index contributed by atoms with van der Waals surface area (Å²) in [5.41, 5.74) is 0. The first-order valence-corrected chi connectivity index (χ1v) is 5.82. The number of thiophene rings is 1. The van der Waals surface area contributed by atoms with E-state index in [1.54, 1.807) is 17.6 Å². The maximum atomic E-state index is 6.26. The molecule has 0 aliphatic rings. The molecule has 0 aliphatic heterocycles. The van der Waals surface area contributed by atoms with Crippen LogP contribution in [0.15, 0.2) is 34.9 Å². The molecule has 0 radical (unpaired) electrons. The van der Waals surface area contributed by atoms with E-state index in [1.165, 1.54) is 4.88 Å². The van der Waals surface area contributed by atoms with E-state index in [0.29, 0.717) is 0 Å². The molecule has 2 aromatic heterocycles. The van der Waals surface area contributed by atoms with Crippen LogP contribution in [0.2, 0.25) is 0 Å². The van der Waals surface area contributed by atoms with Crippen molar-refractivity contribution in [3.8, 4) is 0 Å². The van der Waals surface area contributed by atoms with E-state index in [2.05, 4.69) is 19.1 Å². The van der Waals surface area contributed by atoms with Gasteiger partial charge in [0.1, 0.15) is 11.1 Å². The van der Waals surface area contributed by atoms with E-state index >= 15 is 0 Å². The molecule has 0 amide bonds. The van der Waals surface area contributed by atoms with Gasteiger partial charge in [0.2, 0.25) is 0 Å². The lowest BCUT2D eigenvalue weighted by atomic mass is 10.2. The zero-order valence-electron chi connectivity index (χ0n) is 7.87. The number of alkyl halides is 1. The first-order chi connectivity index (χ1) is 6.81. The van der Waals surface area contributed by atoms with Crippen molar-refractivity contribution in [3.05, 3.63) is 46.0 Å². The first kappa shape index (κ1) is 9.81. The maximum Gasteiger partial charge on any atom is 0.126 e. The maximum absolute atomic E-state index is 6.26. The third-order valence-electron chi connectivity index (χ3n) is 2.07. The van der Waals surface area contributed by atoms with Crippen LogP contribution in [-0.2, 0) is 6.42 Å². The molecule has 0 spiro atoms. The van der Waals surface area contributed by atoms with Gasteiger partial charge in [0.15, 0.2) is 0 Å². The van der Waals surface area contributed by atoms with Gasteiger partial charge in [-0.05, 0) is 30.7 Å². The fourth-order valence-electron chi connectivity index (χ4n) is 1.30. The van der Waals surface area contributed by atoms with Crippen LogP contribution in [0, 0.1) is 0 Å². The monoisotopic (exact) mass is 226 g/mol. The number of hydrogen-bond acceptors (Lipinski definition) is 2. The van der Waals surface area contributed by atoms with Crippen LogP contribution in [0.5, 0.6) is 0 Å². The van der Waals surface area contributed by atoms with Crippen LogP contribution in [0.25, 0.3) is 0 Å². The van der Waals surface area contributed by atoms with Gasteiger partial charge in [-0.25, -0.2) is 0 Å². The van der Waals surface area contributed by atoms with Crippen LogP contribution in [0.3, 0.4) is 0 Å². The van der Waals surface area contributed by atoms with Crippen molar-refractivity contribution in [2.75, 3.05) is 0 Å². The standard InChI is InChI=1S/C11H11ClOS/c1-2-8-5-6-10(14-8)11(12)9-4-3-7-13-9/h3-7,11H,2H2,1H3. The summed E-state index contributed by atoms with van der Waals surface area (Å²) in [4.78, 5) is 2.51. The molecule has 74 valence electrons. The highest BCUT2D eigenvalue weighted by Gasteiger charge is 2.15. The largest absolute Gasteiger partial charge is 0.467 e. The van der Waals surface area contributed by atoms with Crippen LogP contribution in [0.4, 0.5) is 0 Å². The average Bonchev–Trinajstić information content (AvgIpc) is 2.88. The molecule has 3 heteroatoms. The summed E-state index contributed by atoms with van der Waals surface area (Å²) in [6.45, 7) is 2.14. The highest BCUT2D eigenvalue weighted by atomic mass is 35.5. The zero-order chi connectivity index (χ0) is 9.97. The highest BCUT2D eigenvalue weighted by Crippen LogP contribution is 2.33. The molecule has 0 aliphatic carbocycles. The Balaban J connectivity index is 2.23. The van der Waals surface area contributed by atoms with Gasteiger partial charge in [0.25, 0.3) is 0 Å². The van der Waals surface area contributed by atoms with E-state index in [0.717, 1.165) is 17.1 Å². The van der Waals surface area contributed by atoms with E-state index < -0.39 is 0 Å². The van der Waals surface area contributed by atoms with Crippen molar-refractivity contribution < 1.29 is 4.42 Å². The van der Waals surface area contributed by atoms with E-state index in [9.17, 15) is 0 Å². The normalized spacial score (nSPS) is 13.0. The molecule has 2 aromatic rings. The second-order valence-corrected chi connectivity index (χ2v) is 4.67. The van der Waals surface area contributed by atoms with Crippen LogP contribution < -0.4 is 0 Å². The fraction of sp³-hybridized carbons (Fsp3) is 0.273. The molecular weight excluding hydrogens is 216 g/mol. The summed E-state index contributed by atoms with van der Waals surface area (Å²) in [5, 5.41) is -0.143. The minimum atomic E-state index is -0.143. The Morgan fingerprint density at radius 1 is 1.43 bits per heavy atom. The van der Waals surface area contributed by atoms with Gasteiger partial charge < -0.3 is 4.42 Å². The van der Waals surface area contributed by atoms with Crippen molar-refractivity contribution >= 4 is 22.9 Å². The predicted molar refractivity (Wildman–Crippen MR) is 60.1 cm³/mol. The molecule has 2 rings (SSSR count). The van der Waals surface area contributed by atoms with Gasteiger partial charge >= 0.3 is 0 Å². The van der Waals surface area contributed by atoms with Crippen LogP contribution in [0.1, 0.15) is 27.8 Å². The Labute approximate surface area is 92.3 Å². The summed E-state index contributed by atoms with van der Waals surface area (Å²) < 4.78 is 5.27. The summed E-state index contributed by atoms with van der Waals surface area (Å²) in [5.74, 6) is 0.816. The van der Waals surface area contributed by atoms with Gasteiger partial charge in [-0.1, -0.05) is 6.92 Å². The molecule has 1 nitrogen and oxygen atoms in total. The van der Waals surface area contributed by atoms with Gasteiger partial charge in [-0.15, -0.1) is 22.9 Å². The lowest BCUT2D eigenvalue weighted by molar-refractivity contribution is 0.517. The number of rotatable bonds is 3. The molecule has 0 saturated carbocycles. The summed E-state index contributed by atoms with van der Waals surface area (Å²) in [6.07, 6.45) is 2.71. The average molecular weight is 227 g/mol. The van der Waals surface area contributed by atoms with Gasteiger partial charge in [0.05, 0.1) is 6.26 Å². The summed E-state index contributed by atoms with van der Waals surface area (Å²) in [7, 11) is 0. The number of halogens is 1. The lowest BCUT2D eigenvalue weighted by Gasteiger charge is -2.01. The van der Waals surface area contributed by atoms with E-state index in [-0.39, 0.29) is 5.38 Å². The molecule has 0 bridgehead atoms. The van der Waals surface area contributed by atoms with E-state index in [1.807, 2.05) is 12.1 Å². The van der Waals surface area contributed by atoms with E-state index in [4.69, 9.17) is 16.0 Å². The first-order valence-electron chi connectivity index (χ1n) is 4.57. The van der Waals surface area contributed by atoms with Gasteiger partial charge in [-0.2, -0.15) is 0 Å². The molecule has 0 N–H and O–H groups in total. The quantitative estimate of drug-likeness (QED) is 0.714. The third-order valence-corrected chi connectivity index (χ3v) is 3.95. The molecule has 14 heavy (non-hydrogen) atoms. The molecule has 1 unspecified atom stereocenters. The SMILES string of the molecule is CCc1ccc(C(Cl)c2ccco2)s1. The summed E-state index contributed by atoms with van der Waals surface area (Å²) in [6, 6.07) is 7.96. The zero-order valence-corrected chi connectivity index (χ0v) is 9.44. The minimum absolute atomic E-state index is 0.143. The Kier molecular flexibility index (Phi) is 2.94. The Morgan fingerprint density at radius 2 is 2.29 bits per heavy atom. The fourth-order valence-corrected chi connectivity index (χ4v) is 2.57. The van der Waals surface area contributed by atoms with Gasteiger partial charge in [0, 0.05) is 9.75 Å². The van der Waals surface area contributed by atoms with Crippen molar-refractivity contribution in [3.63, 3.8) is 0 Å². The number of furan rings is 1. The molecule has 0 saturated heterocycles.